The quantitative estimate of drug-likeness (QED) is 0.713. The van der Waals surface area contributed by atoms with Gasteiger partial charge in [-0.2, -0.15) is 0 Å². The molecule has 0 radical (unpaired) electrons. The maximum absolute atomic E-state index is 9.79. The van der Waals surface area contributed by atoms with Crippen LogP contribution in [0.3, 0.4) is 0 Å². The molecule has 1 aliphatic carbocycles. The Kier molecular flexibility index (Phi) is 3.02. The Balaban J connectivity index is 2.41. The summed E-state index contributed by atoms with van der Waals surface area (Å²) in [6.45, 7) is 1.77. The second-order valence-electron chi connectivity index (χ2n) is 4.73. The van der Waals surface area contributed by atoms with Gasteiger partial charge >= 0.3 is 0 Å². The van der Waals surface area contributed by atoms with Crippen molar-refractivity contribution in [2.24, 2.45) is 5.73 Å². The fourth-order valence-corrected chi connectivity index (χ4v) is 2.44. The van der Waals surface area contributed by atoms with E-state index in [-0.39, 0.29) is 18.1 Å². The van der Waals surface area contributed by atoms with Crippen molar-refractivity contribution in [2.45, 2.75) is 37.3 Å². The van der Waals surface area contributed by atoms with Gasteiger partial charge in [-0.1, -0.05) is 24.3 Å². The number of aliphatic hydroxyl groups is 2. The van der Waals surface area contributed by atoms with Gasteiger partial charge in [0.2, 0.25) is 0 Å². The van der Waals surface area contributed by atoms with E-state index in [4.69, 9.17) is 10.8 Å². The summed E-state index contributed by atoms with van der Waals surface area (Å²) in [7, 11) is 0. The van der Waals surface area contributed by atoms with Crippen molar-refractivity contribution in [3.05, 3.63) is 35.4 Å². The minimum absolute atomic E-state index is 0.0206. The average Bonchev–Trinajstić information content (AvgIpc) is 3.09. The molecule has 16 heavy (non-hydrogen) atoms. The van der Waals surface area contributed by atoms with E-state index in [1.165, 1.54) is 0 Å². The van der Waals surface area contributed by atoms with Gasteiger partial charge in [-0.15, -0.1) is 0 Å². The maximum Gasteiger partial charge on any atom is 0.102 e. The third-order valence-electron chi connectivity index (χ3n) is 3.69. The van der Waals surface area contributed by atoms with E-state index in [9.17, 15) is 5.11 Å². The Hall–Kier alpha value is -0.900. The number of nitrogens with two attached hydrogens (primary N) is 1. The molecule has 0 saturated heterocycles. The normalized spacial score (nSPS) is 21.5. The predicted molar refractivity (Wildman–Crippen MR) is 63.0 cm³/mol. The molecule has 0 aliphatic heterocycles. The molecule has 2 unspecified atom stereocenters. The summed E-state index contributed by atoms with van der Waals surface area (Å²) < 4.78 is 0. The Morgan fingerprint density at radius 1 is 1.38 bits per heavy atom. The SMILES string of the molecule is CC(N)C1(c2ccccc2C(O)CO)CC1. The van der Waals surface area contributed by atoms with Gasteiger partial charge in [0.15, 0.2) is 0 Å². The number of hydrogen-bond donors (Lipinski definition) is 3. The molecule has 2 rings (SSSR count). The highest BCUT2D eigenvalue weighted by atomic mass is 16.3. The van der Waals surface area contributed by atoms with Crippen molar-refractivity contribution in [3.8, 4) is 0 Å². The number of rotatable bonds is 4. The summed E-state index contributed by atoms with van der Waals surface area (Å²) in [4.78, 5) is 0. The summed E-state index contributed by atoms with van der Waals surface area (Å²) >= 11 is 0. The van der Waals surface area contributed by atoms with Crippen molar-refractivity contribution in [3.63, 3.8) is 0 Å². The van der Waals surface area contributed by atoms with E-state index in [2.05, 4.69) is 0 Å². The minimum Gasteiger partial charge on any atom is -0.393 e. The first-order valence-corrected chi connectivity index (χ1v) is 5.76. The lowest BCUT2D eigenvalue weighted by Gasteiger charge is -2.24. The fraction of sp³-hybridized carbons (Fsp3) is 0.538. The van der Waals surface area contributed by atoms with Crippen LogP contribution in [0.2, 0.25) is 0 Å². The van der Waals surface area contributed by atoms with Gasteiger partial charge in [-0.25, -0.2) is 0 Å². The van der Waals surface area contributed by atoms with Crippen molar-refractivity contribution in [2.75, 3.05) is 6.61 Å². The van der Waals surface area contributed by atoms with Crippen LogP contribution in [0, 0.1) is 0 Å². The van der Waals surface area contributed by atoms with Gasteiger partial charge in [0.05, 0.1) is 6.61 Å². The van der Waals surface area contributed by atoms with Crippen LogP contribution in [0.25, 0.3) is 0 Å². The predicted octanol–water partition coefficient (Wildman–Crippen LogP) is 1.09. The van der Waals surface area contributed by atoms with Gasteiger partial charge in [0, 0.05) is 11.5 Å². The Bertz CT molecular complexity index is 372. The molecule has 1 saturated carbocycles. The first-order valence-electron chi connectivity index (χ1n) is 5.76. The zero-order valence-corrected chi connectivity index (χ0v) is 9.56. The lowest BCUT2D eigenvalue weighted by molar-refractivity contribution is 0.0943. The zero-order chi connectivity index (χ0) is 11.8. The van der Waals surface area contributed by atoms with E-state index in [0.717, 1.165) is 24.0 Å². The minimum atomic E-state index is -0.799. The Morgan fingerprint density at radius 3 is 2.50 bits per heavy atom. The van der Waals surface area contributed by atoms with E-state index >= 15 is 0 Å². The molecule has 0 spiro atoms. The largest absolute Gasteiger partial charge is 0.393 e. The topological polar surface area (TPSA) is 66.5 Å². The van der Waals surface area contributed by atoms with Crippen LogP contribution in [-0.2, 0) is 5.41 Å². The second-order valence-corrected chi connectivity index (χ2v) is 4.73. The maximum atomic E-state index is 9.79. The molecule has 1 fully saturated rings. The van der Waals surface area contributed by atoms with Gasteiger partial charge in [-0.3, -0.25) is 0 Å². The van der Waals surface area contributed by atoms with Gasteiger partial charge in [-0.05, 0) is 30.9 Å². The molecular weight excluding hydrogens is 202 g/mol. The molecule has 4 N–H and O–H groups in total. The molecular formula is C13H19NO2. The molecule has 3 nitrogen and oxygen atoms in total. The zero-order valence-electron chi connectivity index (χ0n) is 9.56. The molecule has 0 amide bonds. The van der Waals surface area contributed by atoms with Crippen molar-refractivity contribution >= 4 is 0 Å². The molecule has 0 bridgehead atoms. The third kappa shape index (κ3) is 1.75. The van der Waals surface area contributed by atoms with Crippen molar-refractivity contribution < 1.29 is 10.2 Å². The van der Waals surface area contributed by atoms with E-state index in [1.54, 1.807) is 0 Å². The molecule has 2 atom stereocenters. The highest BCUT2D eigenvalue weighted by molar-refractivity contribution is 5.41. The number of hydrogen-bond acceptors (Lipinski definition) is 3. The summed E-state index contributed by atoms with van der Waals surface area (Å²) in [6.07, 6.45) is 1.34. The number of aliphatic hydroxyl groups excluding tert-OH is 2. The highest BCUT2D eigenvalue weighted by Crippen LogP contribution is 2.52. The first kappa shape index (κ1) is 11.6. The molecule has 1 aliphatic rings. The Labute approximate surface area is 95.9 Å². The summed E-state index contributed by atoms with van der Waals surface area (Å²) in [5.41, 5.74) is 7.97. The van der Waals surface area contributed by atoms with Crippen molar-refractivity contribution in [1.82, 2.24) is 0 Å². The second kappa shape index (κ2) is 4.17. The number of benzene rings is 1. The smallest absolute Gasteiger partial charge is 0.102 e. The summed E-state index contributed by atoms with van der Waals surface area (Å²) in [5.74, 6) is 0. The van der Waals surface area contributed by atoms with Crippen LogP contribution in [-0.4, -0.2) is 22.9 Å². The van der Waals surface area contributed by atoms with Crippen LogP contribution in [0.5, 0.6) is 0 Å². The lowest BCUT2D eigenvalue weighted by Crippen LogP contribution is -2.32. The van der Waals surface area contributed by atoms with Crippen LogP contribution in [0.4, 0.5) is 0 Å². The molecule has 88 valence electrons. The standard InChI is InChI=1S/C13H19NO2/c1-9(14)13(6-7-13)11-5-3-2-4-10(11)12(16)8-15/h2-5,9,12,15-16H,6-8,14H2,1H3. The third-order valence-corrected chi connectivity index (χ3v) is 3.69. The fourth-order valence-electron chi connectivity index (χ4n) is 2.44. The van der Waals surface area contributed by atoms with Crippen LogP contribution in [0.15, 0.2) is 24.3 Å². The summed E-state index contributed by atoms with van der Waals surface area (Å²) in [5, 5.41) is 18.8. The van der Waals surface area contributed by atoms with Gasteiger partial charge in [0.1, 0.15) is 6.10 Å². The van der Waals surface area contributed by atoms with Gasteiger partial charge in [0.25, 0.3) is 0 Å². The molecule has 1 aromatic carbocycles. The Morgan fingerprint density at radius 2 is 2.00 bits per heavy atom. The van der Waals surface area contributed by atoms with Crippen molar-refractivity contribution in [1.29, 1.82) is 0 Å². The molecule has 3 heteroatoms. The van der Waals surface area contributed by atoms with Crippen LogP contribution in [0.1, 0.15) is 37.0 Å². The molecule has 0 aromatic heterocycles. The van der Waals surface area contributed by atoms with E-state index in [0.29, 0.717) is 0 Å². The van der Waals surface area contributed by atoms with Gasteiger partial charge < -0.3 is 15.9 Å². The molecule has 0 heterocycles. The summed E-state index contributed by atoms with van der Waals surface area (Å²) in [6, 6.07) is 7.82. The van der Waals surface area contributed by atoms with E-state index in [1.807, 2.05) is 31.2 Å². The highest BCUT2D eigenvalue weighted by Gasteiger charge is 2.48. The first-order chi connectivity index (χ1) is 7.62. The monoisotopic (exact) mass is 221 g/mol. The molecule has 1 aromatic rings. The average molecular weight is 221 g/mol. The lowest BCUT2D eigenvalue weighted by atomic mass is 9.84. The van der Waals surface area contributed by atoms with Crippen LogP contribution < -0.4 is 5.73 Å². The van der Waals surface area contributed by atoms with E-state index < -0.39 is 6.10 Å². The van der Waals surface area contributed by atoms with Crippen LogP contribution >= 0.6 is 0 Å².